The van der Waals surface area contributed by atoms with Crippen LogP contribution in [0, 0.1) is 17.2 Å². The number of nitrogens with zero attached hydrogens (tertiary/aromatic N) is 3. The van der Waals surface area contributed by atoms with Gasteiger partial charge < -0.3 is 25.5 Å². The summed E-state index contributed by atoms with van der Waals surface area (Å²) in [6, 6.07) is 7.59. The first-order chi connectivity index (χ1) is 14.0. The van der Waals surface area contributed by atoms with E-state index in [4.69, 9.17) is 15.1 Å². The number of amides is 1. The van der Waals surface area contributed by atoms with Crippen molar-refractivity contribution in [3.63, 3.8) is 0 Å². The largest absolute Gasteiger partial charge is 0.536 e. The van der Waals surface area contributed by atoms with Crippen molar-refractivity contribution in [1.82, 2.24) is 9.78 Å². The van der Waals surface area contributed by atoms with E-state index in [1.165, 1.54) is 0 Å². The van der Waals surface area contributed by atoms with Gasteiger partial charge in [0.2, 0.25) is 0 Å². The van der Waals surface area contributed by atoms with E-state index in [1.807, 2.05) is 6.07 Å². The van der Waals surface area contributed by atoms with Gasteiger partial charge >= 0.3 is 7.12 Å². The van der Waals surface area contributed by atoms with Crippen LogP contribution in [0.3, 0.4) is 0 Å². The van der Waals surface area contributed by atoms with Gasteiger partial charge in [0.1, 0.15) is 11.3 Å². The number of benzene rings is 1. The molecule has 1 amide bonds. The van der Waals surface area contributed by atoms with E-state index in [0.717, 1.165) is 17.7 Å². The summed E-state index contributed by atoms with van der Waals surface area (Å²) in [4.78, 5) is 12.0. The van der Waals surface area contributed by atoms with Crippen LogP contribution in [0.1, 0.15) is 40.7 Å². The molecule has 1 aromatic carbocycles. The van der Waals surface area contributed by atoms with Crippen LogP contribution in [0.25, 0.3) is 0 Å². The highest BCUT2D eigenvalue weighted by Gasteiger charge is 2.53. The average molecular weight is 393 g/mol. The molecule has 148 valence electrons. The highest BCUT2D eigenvalue weighted by atomic mass is 16.5. The Hall–Kier alpha value is -3.03. The highest BCUT2D eigenvalue weighted by Crippen LogP contribution is 2.59. The maximum Gasteiger partial charge on any atom is 0.526 e. The Bertz CT molecular complexity index is 1020. The minimum absolute atomic E-state index is 0.146. The van der Waals surface area contributed by atoms with Crippen LogP contribution in [-0.4, -0.2) is 41.0 Å². The molecule has 5 rings (SSSR count). The number of aromatic nitrogens is 2. The molecule has 1 saturated heterocycles. The lowest BCUT2D eigenvalue weighted by Gasteiger charge is -2.26. The third-order valence-electron chi connectivity index (χ3n) is 5.96. The quantitative estimate of drug-likeness (QED) is 0.671. The average Bonchev–Trinajstić information content (AvgIpc) is 3.43. The summed E-state index contributed by atoms with van der Waals surface area (Å²) in [5.41, 5.74) is 7.59. The zero-order chi connectivity index (χ0) is 20.1. The van der Waals surface area contributed by atoms with Crippen LogP contribution >= 0.6 is 0 Å². The molecule has 2 fully saturated rings. The number of carbonyl (C=O) groups is 1. The van der Waals surface area contributed by atoms with E-state index < -0.39 is 13.0 Å². The molecule has 4 N–H and O–H groups in total. The van der Waals surface area contributed by atoms with E-state index in [1.54, 1.807) is 23.0 Å². The van der Waals surface area contributed by atoms with Crippen molar-refractivity contribution in [1.29, 1.82) is 5.26 Å². The molecule has 1 aliphatic carbocycles. The Kier molecular flexibility index (Phi) is 4.22. The first-order valence-corrected chi connectivity index (χ1v) is 9.67. The Morgan fingerprint density at radius 3 is 3.14 bits per heavy atom. The third kappa shape index (κ3) is 3.12. The molecule has 3 heterocycles. The number of hydrogen-bond donors (Lipinski definition) is 3. The number of ether oxygens (including phenoxy) is 1. The lowest BCUT2D eigenvalue weighted by Crippen LogP contribution is -2.29. The maximum atomic E-state index is 12.0. The lowest BCUT2D eigenvalue weighted by atomic mass is 9.77. The van der Waals surface area contributed by atoms with Crippen LogP contribution in [0.15, 0.2) is 24.4 Å². The van der Waals surface area contributed by atoms with Crippen molar-refractivity contribution in [3.8, 4) is 11.8 Å². The number of rotatable bonds is 4. The number of primary amides is 1. The van der Waals surface area contributed by atoms with E-state index in [2.05, 4.69) is 16.5 Å². The molecule has 2 aromatic rings. The number of nitrogens with one attached hydrogen (secondary N) is 1. The standard InChI is InChI=1S/C19H20BN5O4/c21-7-10-3-4-28-9-16(10)25-8-14(18(22)26)19(24-25)23-11-1-2-17-13(5-11)12-6-15(12)20(27)29-17/h1-2,5,8,10,12,15-16,27H,3-4,6,9H2,(H2,22,26)(H,23,24)/t10-,12?,15?,16+/m1/s1. The summed E-state index contributed by atoms with van der Waals surface area (Å²) in [5, 5.41) is 27.0. The summed E-state index contributed by atoms with van der Waals surface area (Å²) in [6.45, 7) is 0.900. The third-order valence-corrected chi connectivity index (χ3v) is 5.96. The van der Waals surface area contributed by atoms with Gasteiger partial charge in [0.05, 0.1) is 24.6 Å². The Balaban J connectivity index is 1.44. The molecular formula is C19H20BN5O4. The Morgan fingerprint density at radius 2 is 2.34 bits per heavy atom. The van der Waals surface area contributed by atoms with Crippen molar-refractivity contribution in [2.75, 3.05) is 18.5 Å². The van der Waals surface area contributed by atoms with Crippen molar-refractivity contribution >= 4 is 24.5 Å². The molecule has 4 atom stereocenters. The molecule has 10 heteroatoms. The van der Waals surface area contributed by atoms with Gasteiger partial charge in [-0.05, 0) is 42.5 Å². The zero-order valence-electron chi connectivity index (χ0n) is 15.6. The SMILES string of the molecule is N#C[C@H]1CCOC[C@@H]1n1cc(C(N)=O)c(Nc2ccc3c(c2)C2CC2B(O)O3)n1. The van der Waals surface area contributed by atoms with Crippen LogP contribution < -0.4 is 15.7 Å². The monoisotopic (exact) mass is 393 g/mol. The second-order valence-electron chi connectivity index (χ2n) is 7.79. The molecule has 1 saturated carbocycles. The predicted octanol–water partition coefficient (Wildman–Crippen LogP) is 1.56. The second kappa shape index (κ2) is 6.79. The van der Waals surface area contributed by atoms with Gasteiger partial charge in [0, 0.05) is 24.3 Å². The van der Waals surface area contributed by atoms with E-state index in [9.17, 15) is 15.1 Å². The van der Waals surface area contributed by atoms with Crippen LogP contribution in [0.4, 0.5) is 11.5 Å². The zero-order valence-corrected chi connectivity index (χ0v) is 15.6. The molecule has 9 nitrogen and oxygen atoms in total. The lowest BCUT2D eigenvalue weighted by molar-refractivity contribution is 0.0342. The van der Waals surface area contributed by atoms with Crippen molar-refractivity contribution in [2.45, 2.75) is 30.6 Å². The van der Waals surface area contributed by atoms with Crippen LogP contribution in [0.5, 0.6) is 5.75 Å². The molecule has 2 unspecified atom stereocenters. The second-order valence-corrected chi connectivity index (χ2v) is 7.79. The summed E-state index contributed by atoms with van der Waals surface area (Å²) >= 11 is 0. The first-order valence-electron chi connectivity index (χ1n) is 9.67. The minimum Gasteiger partial charge on any atom is -0.536 e. The Morgan fingerprint density at radius 1 is 1.48 bits per heavy atom. The number of carbonyl (C=O) groups excluding carboxylic acids is 1. The Labute approximate surface area is 167 Å². The number of fused-ring (bicyclic) bond motifs is 3. The van der Waals surface area contributed by atoms with Crippen molar-refractivity contribution < 1.29 is 19.2 Å². The number of anilines is 2. The molecule has 1 aromatic heterocycles. The molecule has 3 aliphatic rings. The number of nitriles is 1. The number of nitrogens with two attached hydrogens (primary N) is 1. The smallest absolute Gasteiger partial charge is 0.526 e. The normalized spacial score (nSPS) is 27.2. The van der Waals surface area contributed by atoms with Gasteiger partial charge in [-0.1, -0.05) is 0 Å². The maximum absolute atomic E-state index is 12.0. The molecular weight excluding hydrogens is 373 g/mol. The topological polar surface area (TPSA) is 135 Å². The summed E-state index contributed by atoms with van der Waals surface area (Å²) < 4.78 is 12.7. The van der Waals surface area contributed by atoms with Gasteiger partial charge in [0.15, 0.2) is 5.82 Å². The van der Waals surface area contributed by atoms with Gasteiger partial charge in [0.25, 0.3) is 5.91 Å². The van der Waals surface area contributed by atoms with Crippen molar-refractivity contribution in [3.05, 3.63) is 35.5 Å². The van der Waals surface area contributed by atoms with E-state index >= 15 is 0 Å². The van der Waals surface area contributed by atoms with Gasteiger partial charge in [-0.15, -0.1) is 0 Å². The molecule has 29 heavy (non-hydrogen) atoms. The minimum atomic E-state index is -0.741. The first kappa shape index (κ1) is 18.0. The van der Waals surface area contributed by atoms with Crippen LogP contribution in [0.2, 0.25) is 5.82 Å². The summed E-state index contributed by atoms with van der Waals surface area (Å²) in [5.74, 6) is 0.612. The van der Waals surface area contributed by atoms with Crippen molar-refractivity contribution in [2.24, 2.45) is 11.7 Å². The van der Waals surface area contributed by atoms with E-state index in [0.29, 0.717) is 37.1 Å². The highest BCUT2D eigenvalue weighted by molar-refractivity contribution is 6.48. The fourth-order valence-electron chi connectivity index (χ4n) is 4.23. The van der Waals surface area contributed by atoms with Crippen LogP contribution in [-0.2, 0) is 4.74 Å². The van der Waals surface area contributed by atoms with Gasteiger partial charge in [-0.25, -0.2) is 0 Å². The predicted molar refractivity (Wildman–Crippen MR) is 104 cm³/mol. The summed E-state index contributed by atoms with van der Waals surface area (Å²) in [6.07, 6.45) is 3.09. The van der Waals surface area contributed by atoms with E-state index in [-0.39, 0.29) is 23.3 Å². The van der Waals surface area contributed by atoms with Gasteiger partial charge in [-0.2, -0.15) is 10.4 Å². The van der Waals surface area contributed by atoms with Gasteiger partial charge in [-0.3, -0.25) is 9.48 Å². The molecule has 0 bridgehead atoms. The molecule has 0 radical (unpaired) electrons. The summed E-state index contributed by atoms with van der Waals surface area (Å²) in [7, 11) is -0.741. The fourth-order valence-corrected chi connectivity index (χ4v) is 4.23. The molecule has 2 aliphatic heterocycles. The molecule has 0 spiro atoms. The number of hydrogen-bond acceptors (Lipinski definition) is 7. The fraction of sp³-hybridized carbons (Fsp3) is 0.421.